The Balaban J connectivity index is 1.86. The van der Waals surface area contributed by atoms with Crippen LogP contribution in [0, 0.1) is 0 Å². The number of benzene rings is 1. The van der Waals surface area contributed by atoms with Crippen molar-refractivity contribution in [3.63, 3.8) is 0 Å². The van der Waals surface area contributed by atoms with E-state index in [0.717, 1.165) is 61.7 Å². The van der Waals surface area contributed by atoms with Gasteiger partial charge in [-0.3, -0.25) is 0 Å². The van der Waals surface area contributed by atoms with Gasteiger partial charge in [-0.1, -0.05) is 11.6 Å². The lowest BCUT2D eigenvalue weighted by Gasteiger charge is -2.27. The molecule has 0 aliphatic carbocycles. The zero-order chi connectivity index (χ0) is 13.3. The van der Waals surface area contributed by atoms with Gasteiger partial charge in [0, 0.05) is 17.9 Å². The largest absolute Gasteiger partial charge is 0.493 e. The minimum Gasteiger partial charge on any atom is -0.493 e. The first-order valence-corrected chi connectivity index (χ1v) is 7.41. The fourth-order valence-corrected chi connectivity index (χ4v) is 3.39. The van der Waals surface area contributed by atoms with E-state index in [2.05, 4.69) is 5.32 Å². The molecule has 1 unspecified atom stereocenters. The fourth-order valence-electron chi connectivity index (χ4n) is 3.12. The summed E-state index contributed by atoms with van der Waals surface area (Å²) in [5.74, 6) is 0.954. The highest BCUT2D eigenvalue weighted by Gasteiger charge is 2.30. The second-order valence-corrected chi connectivity index (χ2v) is 6.09. The van der Waals surface area contributed by atoms with Gasteiger partial charge in [-0.15, -0.1) is 0 Å². The molecular weight excluding hydrogens is 262 g/mol. The second-order valence-electron chi connectivity index (χ2n) is 5.66. The number of ether oxygens (including phenoxy) is 1. The Hall–Kier alpha value is -0.770. The zero-order valence-electron chi connectivity index (χ0n) is 11.0. The van der Waals surface area contributed by atoms with Crippen LogP contribution in [0.15, 0.2) is 12.1 Å². The summed E-state index contributed by atoms with van der Waals surface area (Å²) in [6.45, 7) is 2.59. The van der Waals surface area contributed by atoms with Crippen LogP contribution in [0.1, 0.15) is 30.4 Å². The molecule has 0 spiro atoms. The molecule has 0 bridgehead atoms. The monoisotopic (exact) mass is 281 g/mol. The van der Waals surface area contributed by atoms with E-state index < -0.39 is 5.60 Å². The summed E-state index contributed by atoms with van der Waals surface area (Å²) < 4.78 is 5.72. The quantitative estimate of drug-likeness (QED) is 0.874. The van der Waals surface area contributed by atoms with E-state index in [9.17, 15) is 5.11 Å². The maximum atomic E-state index is 10.8. The van der Waals surface area contributed by atoms with Crippen LogP contribution in [-0.2, 0) is 12.8 Å². The van der Waals surface area contributed by atoms with Crippen molar-refractivity contribution < 1.29 is 9.84 Å². The van der Waals surface area contributed by atoms with E-state index in [1.165, 1.54) is 5.56 Å². The van der Waals surface area contributed by atoms with Gasteiger partial charge in [-0.25, -0.2) is 0 Å². The van der Waals surface area contributed by atoms with Crippen molar-refractivity contribution in [1.82, 2.24) is 5.32 Å². The van der Waals surface area contributed by atoms with Crippen LogP contribution in [0.3, 0.4) is 0 Å². The van der Waals surface area contributed by atoms with Crippen molar-refractivity contribution in [2.45, 2.75) is 37.7 Å². The first-order valence-electron chi connectivity index (χ1n) is 7.03. The molecule has 0 amide bonds. The molecule has 2 heterocycles. The molecule has 1 fully saturated rings. The van der Waals surface area contributed by atoms with Crippen molar-refractivity contribution in [3.05, 3.63) is 28.3 Å². The zero-order valence-corrected chi connectivity index (χ0v) is 11.8. The molecule has 2 aliphatic heterocycles. The maximum Gasteiger partial charge on any atom is 0.126 e. The number of aliphatic hydroxyl groups is 1. The predicted octanol–water partition coefficient (Wildman–Crippen LogP) is 2.32. The Bertz CT molecular complexity index is 467. The third kappa shape index (κ3) is 2.88. The second kappa shape index (κ2) is 5.31. The molecule has 0 radical (unpaired) electrons. The highest BCUT2D eigenvalue weighted by Crippen LogP contribution is 2.36. The van der Waals surface area contributed by atoms with Gasteiger partial charge in [0.25, 0.3) is 0 Å². The first kappa shape index (κ1) is 13.2. The van der Waals surface area contributed by atoms with Crippen molar-refractivity contribution in [3.8, 4) is 5.75 Å². The highest BCUT2D eigenvalue weighted by atomic mass is 35.5. The summed E-state index contributed by atoms with van der Waals surface area (Å²) in [5.41, 5.74) is 1.61. The molecular formula is C15H20ClNO2. The number of fused-ring (bicyclic) bond motifs is 1. The Kier molecular flexibility index (Phi) is 3.70. The van der Waals surface area contributed by atoms with Crippen LogP contribution in [0.4, 0.5) is 0 Å². The Labute approximate surface area is 118 Å². The van der Waals surface area contributed by atoms with Crippen molar-refractivity contribution in [2.24, 2.45) is 0 Å². The van der Waals surface area contributed by atoms with Gasteiger partial charge < -0.3 is 15.2 Å². The molecule has 1 aromatic rings. The summed E-state index contributed by atoms with van der Waals surface area (Å²) in [6.07, 6.45) is 4.19. The van der Waals surface area contributed by atoms with Crippen LogP contribution in [0.25, 0.3) is 0 Å². The average Bonchev–Trinajstić information content (AvgIpc) is 2.72. The standard InChI is InChI=1S/C15H20ClNO2/c16-13-8-11-2-7-19-14(11)12(9-13)10-15(18)3-1-5-17-6-4-15/h8-9,17-18H,1-7,10H2. The van der Waals surface area contributed by atoms with Gasteiger partial charge in [0.15, 0.2) is 0 Å². The van der Waals surface area contributed by atoms with Gasteiger partial charge in [0.1, 0.15) is 5.75 Å². The van der Waals surface area contributed by atoms with E-state index in [4.69, 9.17) is 16.3 Å². The minimum atomic E-state index is -0.631. The predicted molar refractivity (Wildman–Crippen MR) is 76.0 cm³/mol. The Morgan fingerprint density at radius 1 is 1.32 bits per heavy atom. The lowest BCUT2D eigenvalue weighted by Crippen LogP contribution is -2.32. The van der Waals surface area contributed by atoms with Gasteiger partial charge in [0.2, 0.25) is 0 Å². The molecule has 1 atom stereocenters. The molecule has 1 aromatic carbocycles. The third-order valence-electron chi connectivity index (χ3n) is 4.11. The molecule has 3 nitrogen and oxygen atoms in total. The Morgan fingerprint density at radius 3 is 3.11 bits per heavy atom. The molecule has 2 aliphatic rings. The molecule has 3 rings (SSSR count). The van der Waals surface area contributed by atoms with Crippen LogP contribution in [0.5, 0.6) is 5.75 Å². The van der Waals surface area contributed by atoms with Gasteiger partial charge >= 0.3 is 0 Å². The van der Waals surface area contributed by atoms with Crippen molar-refractivity contribution >= 4 is 11.6 Å². The number of hydrogen-bond donors (Lipinski definition) is 2. The van der Waals surface area contributed by atoms with Crippen LogP contribution >= 0.6 is 11.6 Å². The van der Waals surface area contributed by atoms with Gasteiger partial charge in [-0.05, 0) is 55.6 Å². The molecule has 0 aromatic heterocycles. The molecule has 104 valence electrons. The van der Waals surface area contributed by atoms with Crippen LogP contribution in [0.2, 0.25) is 5.02 Å². The molecule has 4 heteroatoms. The first-order chi connectivity index (χ1) is 9.16. The van der Waals surface area contributed by atoms with E-state index in [0.29, 0.717) is 6.42 Å². The SMILES string of the molecule is OC1(Cc2cc(Cl)cc3c2OCC3)CCCNCC1. The number of hydrogen-bond acceptors (Lipinski definition) is 3. The fraction of sp³-hybridized carbons (Fsp3) is 0.600. The van der Waals surface area contributed by atoms with E-state index >= 15 is 0 Å². The molecule has 1 saturated heterocycles. The minimum absolute atomic E-state index is 0.631. The Morgan fingerprint density at radius 2 is 2.21 bits per heavy atom. The number of halogens is 1. The van der Waals surface area contributed by atoms with Gasteiger partial charge in [0.05, 0.1) is 12.2 Å². The van der Waals surface area contributed by atoms with Gasteiger partial charge in [-0.2, -0.15) is 0 Å². The summed E-state index contributed by atoms with van der Waals surface area (Å²) in [4.78, 5) is 0. The maximum absolute atomic E-state index is 10.8. The topological polar surface area (TPSA) is 41.5 Å². The summed E-state index contributed by atoms with van der Waals surface area (Å²) in [5, 5.41) is 14.9. The lowest BCUT2D eigenvalue weighted by molar-refractivity contribution is 0.0279. The molecule has 19 heavy (non-hydrogen) atoms. The van der Waals surface area contributed by atoms with Crippen molar-refractivity contribution in [1.29, 1.82) is 0 Å². The normalized spacial score (nSPS) is 26.6. The smallest absolute Gasteiger partial charge is 0.126 e. The molecule has 2 N–H and O–H groups in total. The van der Waals surface area contributed by atoms with E-state index in [-0.39, 0.29) is 0 Å². The summed E-state index contributed by atoms with van der Waals surface area (Å²) >= 11 is 6.17. The number of nitrogens with one attached hydrogen (secondary N) is 1. The average molecular weight is 282 g/mol. The summed E-state index contributed by atoms with van der Waals surface area (Å²) in [7, 11) is 0. The van der Waals surface area contributed by atoms with E-state index in [1.54, 1.807) is 0 Å². The molecule has 0 saturated carbocycles. The highest BCUT2D eigenvalue weighted by molar-refractivity contribution is 6.30. The lowest BCUT2D eigenvalue weighted by atomic mass is 9.87. The van der Waals surface area contributed by atoms with E-state index in [1.807, 2.05) is 12.1 Å². The van der Waals surface area contributed by atoms with Crippen LogP contribution < -0.4 is 10.1 Å². The third-order valence-corrected chi connectivity index (χ3v) is 4.33. The summed E-state index contributed by atoms with van der Waals surface area (Å²) in [6, 6.07) is 3.92. The van der Waals surface area contributed by atoms with Crippen molar-refractivity contribution in [2.75, 3.05) is 19.7 Å². The van der Waals surface area contributed by atoms with Crippen LogP contribution in [-0.4, -0.2) is 30.4 Å². The number of rotatable bonds is 2.